The summed E-state index contributed by atoms with van der Waals surface area (Å²) in [6, 6.07) is 7.49. The van der Waals surface area contributed by atoms with Crippen molar-refractivity contribution in [1.29, 1.82) is 0 Å². The van der Waals surface area contributed by atoms with Crippen molar-refractivity contribution in [3.63, 3.8) is 0 Å². The Kier molecular flexibility index (Phi) is 4.76. The summed E-state index contributed by atoms with van der Waals surface area (Å²) in [4.78, 5) is 12.2. The van der Waals surface area contributed by atoms with E-state index < -0.39 is 0 Å². The molecule has 0 saturated carbocycles. The van der Waals surface area contributed by atoms with Gasteiger partial charge in [-0.15, -0.1) is 0 Å². The summed E-state index contributed by atoms with van der Waals surface area (Å²) in [5, 5.41) is 3.29. The second-order valence-corrected chi connectivity index (χ2v) is 4.74. The number of nitrogens with one attached hydrogen (secondary N) is 1. The summed E-state index contributed by atoms with van der Waals surface area (Å²) >= 11 is 0. The van der Waals surface area contributed by atoms with Crippen molar-refractivity contribution in [3.05, 3.63) is 29.8 Å². The molecule has 1 N–H and O–H groups in total. The summed E-state index contributed by atoms with van der Waals surface area (Å²) in [5.41, 5.74) is 0.776. The Morgan fingerprint density at radius 2 is 2.11 bits per heavy atom. The van der Waals surface area contributed by atoms with Gasteiger partial charge in [0.1, 0.15) is 5.75 Å². The first kappa shape index (κ1) is 13.1. The van der Waals surface area contributed by atoms with E-state index in [1.807, 2.05) is 24.3 Å². The zero-order valence-corrected chi connectivity index (χ0v) is 10.9. The normalized spacial score (nSPS) is 19.5. The van der Waals surface area contributed by atoms with Crippen LogP contribution in [0.15, 0.2) is 24.3 Å². The molecule has 1 aliphatic rings. The van der Waals surface area contributed by atoms with E-state index in [9.17, 15) is 4.79 Å². The highest BCUT2D eigenvalue weighted by Crippen LogP contribution is 2.16. The number of rotatable bonds is 5. The van der Waals surface area contributed by atoms with Gasteiger partial charge in [0.05, 0.1) is 12.6 Å². The van der Waals surface area contributed by atoms with Gasteiger partial charge in [-0.05, 0) is 50.1 Å². The van der Waals surface area contributed by atoms with Crippen molar-refractivity contribution in [2.45, 2.75) is 38.6 Å². The van der Waals surface area contributed by atoms with Gasteiger partial charge < -0.3 is 10.1 Å². The molecule has 0 aromatic heterocycles. The van der Waals surface area contributed by atoms with Crippen molar-refractivity contribution in [2.75, 3.05) is 13.2 Å². The van der Waals surface area contributed by atoms with Crippen LogP contribution in [0.5, 0.6) is 5.75 Å². The second-order valence-electron chi connectivity index (χ2n) is 4.74. The Morgan fingerprint density at radius 3 is 2.72 bits per heavy atom. The molecule has 1 aromatic carbocycles. The average Bonchev–Trinajstić information content (AvgIpc) is 2.46. The molecule has 0 amide bonds. The third-order valence-electron chi connectivity index (χ3n) is 3.24. The predicted molar refractivity (Wildman–Crippen MR) is 72.2 cm³/mol. The summed E-state index contributed by atoms with van der Waals surface area (Å²) in [6.45, 7) is 3.75. The maximum absolute atomic E-state index is 12.2. The van der Waals surface area contributed by atoms with Crippen molar-refractivity contribution in [2.24, 2.45) is 0 Å². The molecular weight excluding hydrogens is 226 g/mol. The van der Waals surface area contributed by atoms with Crippen LogP contribution in [-0.4, -0.2) is 25.0 Å². The van der Waals surface area contributed by atoms with Crippen LogP contribution in [0.3, 0.4) is 0 Å². The summed E-state index contributed by atoms with van der Waals surface area (Å²) in [6.07, 6.45) is 4.26. The molecule has 0 spiro atoms. The highest BCUT2D eigenvalue weighted by atomic mass is 16.5. The number of piperidine rings is 1. The highest BCUT2D eigenvalue weighted by Gasteiger charge is 2.21. The molecule has 1 aromatic rings. The fourth-order valence-corrected chi connectivity index (χ4v) is 2.21. The molecule has 3 heteroatoms. The van der Waals surface area contributed by atoms with E-state index in [2.05, 4.69) is 12.2 Å². The van der Waals surface area contributed by atoms with E-state index in [1.165, 1.54) is 6.42 Å². The van der Waals surface area contributed by atoms with Gasteiger partial charge in [0.2, 0.25) is 0 Å². The van der Waals surface area contributed by atoms with Crippen LogP contribution in [-0.2, 0) is 0 Å². The van der Waals surface area contributed by atoms with E-state index in [1.54, 1.807) is 0 Å². The lowest BCUT2D eigenvalue weighted by Gasteiger charge is -2.22. The van der Waals surface area contributed by atoms with Crippen LogP contribution in [0.1, 0.15) is 43.0 Å². The smallest absolute Gasteiger partial charge is 0.179 e. The first-order valence-corrected chi connectivity index (χ1v) is 6.81. The number of hydrogen-bond acceptors (Lipinski definition) is 3. The average molecular weight is 247 g/mol. The maximum atomic E-state index is 12.2. The van der Waals surface area contributed by atoms with E-state index in [4.69, 9.17) is 4.74 Å². The first-order chi connectivity index (χ1) is 8.81. The Labute approximate surface area is 109 Å². The van der Waals surface area contributed by atoms with Gasteiger partial charge in [0, 0.05) is 5.56 Å². The summed E-state index contributed by atoms with van der Waals surface area (Å²) in [7, 11) is 0. The minimum absolute atomic E-state index is 0.00107. The lowest BCUT2D eigenvalue weighted by molar-refractivity contribution is 0.0927. The van der Waals surface area contributed by atoms with Gasteiger partial charge in [0.25, 0.3) is 0 Å². The molecule has 98 valence electrons. The van der Waals surface area contributed by atoms with Gasteiger partial charge in [-0.25, -0.2) is 0 Å². The minimum atomic E-state index is 0.00107. The molecule has 0 radical (unpaired) electrons. The topological polar surface area (TPSA) is 38.3 Å². The largest absolute Gasteiger partial charge is 0.494 e. The van der Waals surface area contributed by atoms with Gasteiger partial charge in [-0.2, -0.15) is 0 Å². The quantitative estimate of drug-likeness (QED) is 0.813. The Morgan fingerprint density at radius 1 is 1.33 bits per heavy atom. The first-order valence-electron chi connectivity index (χ1n) is 6.81. The molecule has 1 unspecified atom stereocenters. The van der Waals surface area contributed by atoms with Crippen molar-refractivity contribution in [1.82, 2.24) is 5.32 Å². The fourth-order valence-electron chi connectivity index (χ4n) is 2.21. The molecule has 1 aliphatic heterocycles. The van der Waals surface area contributed by atoms with Crippen LogP contribution in [0.25, 0.3) is 0 Å². The van der Waals surface area contributed by atoms with Gasteiger partial charge in [0.15, 0.2) is 5.78 Å². The molecule has 1 heterocycles. The SMILES string of the molecule is CCCOc1ccc(C(=O)C2CCCCN2)cc1. The third-order valence-corrected chi connectivity index (χ3v) is 3.24. The Bertz CT molecular complexity index is 380. The molecule has 0 bridgehead atoms. The van der Waals surface area contributed by atoms with Crippen LogP contribution in [0, 0.1) is 0 Å². The molecule has 18 heavy (non-hydrogen) atoms. The van der Waals surface area contributed by atoms with Crippen LogP contribution in [0.4, 0.5) is 0 Å². The van der Waals surface area contributed by atoms with Crippen LogP contribution in [0.2, 0.25) is 0 Å². The maximum Gasteiger partial charge on any atom is 0.179 e. The fraction of sp³-hybridized carbons (Fsp3) is 0.533. The van der Waals surface area contributed by atoms with Crippen LogP contribution >= 0.6 is 0 Å². The zero-order chi connectivity index (χ0) is 12.8. The van der Waals surface area contributed by atoms with Gasteiger partial charge in [-0.1, -0.05) is 13.3 Å². The van der Waals surface area contributed by atoms with Crippen molar-refractivity contribution < 1.29 is 9.53 Å². The second kappa shape index (κ2) is 6.55. The van der Waals surface area contributed by atoms with E-state index >= 15 is 0 Å². The van der Waals surface area contributed by atoms with E-state index in [-0.39, 0.29) is 11.8 Å². The molecule has 1 fully saturated rings. The molecular formula is C15H21NO2. The van der Waals surface area contributed by atoms with Gasteiger partial charge in [-0.3, -0.25) is 4.79 Å². The number of hydrogen-bond donors (Lipinski definition) is 1. The van der Waals surface area contributed by atoms with E-state index in [0.717, 1.165) is 43.7 Å². The lowest BCUT2D eigenvalue weighted by atomic mass is 9.96. The summed E-state index contributed by atoms with van der Waals surface area (Å²) < 4.78 is 5.51. The number of Topliss-reactive ketones (excluding diaryl/α,β-unsaturated/α-hetero) is 1. The number of benzene rings is 1. The molecule has 1 atom stereocenters. The monoisotopic (exact) mass is 247 g/mol. The number of ketones is 1. The minimum Gasteiger partial charge on any atom is -0.494 e. The number of carbonyl (C=O) groups is 1. The standard InChI is InChI=1S/C15H21NO2/c1-2-11-18-13-8-6-12(7-9-13)15(17)14-5-3-4-10-16-14/h6-9,14,16H,2-5,10-11H2,1H3. The Balaban J connectivity index is 1.97. The molecule has 3 nitrogen and oxygen atoms in total. The van der Waals surface area contributed by atoms with Crippen molar-refractivity contribution >= 4 is 5.78 Å². The third kappa shape index (κ3) is 3.33. The molecule has 2 rings (SSSR count). The van der Waals surface area contributed by atoms with Gasteiger partial charge >= 0.3 is 0 Å². The lowest BCUT2D eigenvalue weighted by Crippen LogP contribution is -2.40. The highest BCUT2D eigenvalue weighted by molar-refractivity contribution is 6.00. The number of ether oxygens (including phenoxy) is 1. The van der Waals surface area contributed by atoms with Crippen LogP contribution < -0.4 is 10.1 Å². The predicted octanol–water partition coefficient (Wildman–Crippen LogP) is 2.80. The van der Waals surface area contributed by atoms with E-state index in [0.29, 0.717) is 0 Å². The summed E-state index contributed by atoms with van der Waals surface area (Å²) in [5.74, 6) is 1.04. The number of carbonyl (C=O) groups excluding carboxylic acids is 1. The Hall–Kier alpha value is -1.35. The molecule has 1 saturated heterocycles. The van der Waals surface area contributed by atoms with Crippen molar-refractivity contribution in [3.8, 4) is 5.75 Å². The zero-order valence-electron chi connectivity index (χ0n) is 10.9. The molecule has 0 aliphatic carbocycles.